The summed E-state index contributed by atoms with van der Waals surface area (Å²) < 4.78 is 5.34. The Kier molecular flexibility index (Phi) is 7.08. The molecule has 0 spiro atoms. The highest BCUT2D eigenvalue weighted by Crippen LogP contribution is 2.22. The fraction of sp³-hybridized carbons (Fsp3) is 0.467. The Morgan fingerprint density at radius 2 is 1.81 bits per heavy atom. The van der Waals surface area contributed by atoms with E-state index in [-0.39, 0.29) is 18.4 Å². The van der Waals surface area contributed by atoms with Crippen molar-refractivity contribution in [2.24, 2.45) is 0 Å². The third-order valence-corrected chi connectivity index (χ3v) is 2.74. The van der Waals surface area contributed by atoms with E-state index in [2.05, 4.69) is 10.6 Å². The van der Waals surface area contributed by atoms with Crippen LogP contribution >= 0.6 is 0 Å². The van der Waals surface area contributed by atoms with E-state index in [1.165, 1.54) is 0 Å². The molecule has 0 aliphatic rings. The molecule has 0 saturated heterocycles. The van der Waals surface area contributed by atoms with E-state index in [0.717, 1.165) is 12.8 Å². The molecule has 0 saturated carbocycles. The SMILES string of the molecule is CCCNC(=O)COc1ccc(C(=O)NCCC)cc1N. The van der Waals surface area contributed by atoms with Gasteiger partial charge in [0, 0.05) is 18.7 Å². The van der Waals surface area contributed by atoms with Gasteiger partial charge in [0.25, 0.3) is 11.8 Å². The minimum atomic E-state index is -0.194. The van der Waals surface area contributed by atoms with Gasteiger partial charge in [0.05, 0.1) is 5.69 Å². The Balaban J connectivity index is 2.58. The number of amides is 2. The van der Waals surface area contributed by atoms with E-state index in [4.69, 9.17) is 10.5 Å². The van der Waals surface area contributed by atoms with Gasteiger partial charge in [0.2, 0.25) is 0 Å². The first-order valence-corrected chi connectivity index (χ1v) is 7.15. The molecule has 6 heteroatoms. The molecule has 21 heavy (non-hydrogen) atoms. The van der Waals surface area contributed by atoms with Crippen LogP contribution in [0.5, 0.6) is 5.75 Å². The number of rotatable bonds is 8. The Morgan fingerprint density at radius 3 is 2.43 bits per heavy atom. The smallest absolute Gasteiger partial charge is 0.257 e. The molecular formula is C15H23N3O3. The van der Waals surface area contributed by atoms with Crippen molar-refractivity contribution in [1.29, 1.82) is 0 Å². The van der Waals surface area contributed by atoms with Crippen LogP contribution in [0.4, 0.5) is 5.69 Å². The second-order valence-electron chi connectivity index (χ2n) is 4.65. The van der Waals surface area contributed by atoms with E-state index >= 15 is 0 Å². The summed E-state index contributed by atoms with van der Waals surface area (Å²) in [6, 6.07) is 4.77. The van der Waals surface area contributed by atoms with Crippen molar-refractivity contribution in [2.75, 3.05) is 25.4 Å². The van der Waals surface area contributed by atoms with Gasteiger partial charge in [-0.15, -0.1) is 0 Å². The Hall–Kier alpha value is -2.24. The van der Waals surface area contributed by atoms with Crippen molar-refractivity contribution in [3.8, 4) is 5.75 Å². The molecule has 0 heterocycles. The molecular weight excluding hydrogens is 270 g/mol. The lowest BCUT2D eigenvalue weighted by molar-refractivity contribution is -0.123. The number of benzene rings is 1. The van der Waals surface area contributed by atoms with Crippen molar-refractivity contribution < 1.29 is 14.3 Å². The molecule has 1 rings (SSSR count). The maximum atomic E-state index is 11.8. The molecule has 0 radical (unpaired) electrons. The lowest BCUT2D eigenvalue weighted by atomic mass is 10.1. The molecule has 6 nitrogen and oxygen atoms in total. The summed E-state index contributed by atoms with van der Waals surface area (Å²) in [5.41, 5.74) is 6.65. The van der Waals surface area contributed by atoms with E-state index in [1.54, 1.807) is 18.2 Å². The summed E-state index contributed by atoms with van der Waals surface area (Å²) in [6.45, 7) is 5.10. The van der Waals surface area contributed by atoms with Crippen molar-refractivity contribution in [3.05, 3.63) is 23.8 Å². The molecule has 0 aromatic heterocycles. The maximum Gasteiger partial charge on any atom is 0.257 e. The lowest BCUT2D eigenvalue weighted by Crippen LogP contribution is -2.29. The lowest BCUT2D eigenvalue weighted by Gasteiger charge is -2.10. The number of hydrogen-bond donors (Lipinski definition) is 3. The highest BCUT2D eigenvalue weighted by Gasteiger charge is 2.09. The molecule has 0 atom stereocenters. The van der Waals surface area contributed by atoms with Crippen LogP contribution in [-0.4, -0.2) is 31.5 Å². The quantitative estimate of drug-likeness (QED) is 0.630. The zero-order chi connectivity index (χ0) is 15.7. The number of nitrogens with two attached hydrogens (primary N) is 1. The minimum absolute atomic E-state index is 0.0917. The average molecular weight is 293 g/mol. The summed E-state index contributed by atoms with van der Waals surface area (Å²) in [6.07, 6.45) is 1.74. The fourth-order valence-electron chi connectivity index (χ4n) is 1.62. The number of carbonyl (C=O) groups excluding carboxylic acids is 2. The van der Waals surface area contributed by atoms with Gasteiger partial charge in [0.1, 0.15) is 5.75 Å². The van der Waals surface area contributed by atoms with Crippen molar-refractivity contribution >= 4 is 17.5 Å². The average Bonchev–Trinajstić information content (AvgIpc) is 2.49. The molecule has 0 aliphatic carbocycles. The van der Waals surface area contributed by atoms with Gasteiger partial charge >= 0.3 is 0 Å². The van der Waals surface area contributed by atoms with Crippen LogP contribution in [-0.2, 0) is 4.79 Å². The maximum absolute atomic E-state index is 11.8. The summed E-state index contributed by atoms with van der Waals surface area (Å²) in [5.74, 6) is 0.0329. The zero-order valence-corrected chi connectivity index (χ0v) is 12.6. The first-order chi connectivity index (χ1) is 10.1. The third kappa shape index (κ3) is 5.72. The van der Waals surface area contributed by atoms with Crippen LogP contribution in [0.3, 0.4) is 0 Å². The summed E-state index contributed by atoms with van der Waals surface area (Å²) in [4.78, 5) is 23.2. The summed E-state index contributed by atoms with van der Waals surface area (Å²) >= 11 is 0. The van der Waals surface area contributed by atoms with Crippen molar-refractivity contribution in [2.45, 2.75) is 26.7 Å². The topological polar surface area (TPSA) is 93.4 Å². The number of ether oxygens (including phenoxy) is 1. The van der Waals surface area contributed by atoms with E-state index in [1.807, 2.05) is 13.8 Å². The van der Waals surface area contributed by atoms with Crippen molar-refractivity contribution in [1.82, 2.24) is 10.6 Å². The van der Waals surface area contributed by atoms with Crippen molar-refractivity contribution in [3.63, 3.8) is 0 Å². The number of hydrogen-bond acceptors (Lipinski definition) is 4. The second-order valence-corrected chi connectivity index (χ2v) is 4.65. The van der Waals surface area contributed by atoms with Crippen LogP contribution in [0.25, 0.3) is 0 Å². The Bertz CT molecular complexity index is 489. The standard InChI is InChI=1S/C15H23N3O3/c1-3-7-17-14(19)10-21-13-6-5-11(9-12(13)16)15(20)18-8-4-2/h5-6,9H,3-4,7-8,10,16H2,1-2H3,(H,17,19)(H,18,20). The van der Waals surface area contributed by atoms with Gasteiger partial charge in [-0.25, -0.2) is 0 Å². The van der Waals surface area contributed by atoms with Crippen LogP contribution < -0.4 is 21.1 Å². The first kappa shape index (κ1) is 16.8. The van der Waals surface area contributed by atoms with Crippen LogP contribution in [0.1, 0.15) is 37.0 Å². The normalized spacial score (nSPS) is 10.0. The molecule has 0 unspecified atom stereocenters. The molecule has 116 valence electrons. The minimum Gasteiger partial charge on any atom is -0.482 e. The van der Waals surface area contributed by atoms with Gasteiger partial charge in [-0.3, -0.25) is 9.59 Å². The highest BCUT2D eigenvalue weighted by molar-refractivity contribution is 5.95. The number of carbonyl (C=O) groups is 2. The van der Waals surface area contributed by atoms with Gasteiger partial charge in [0.15, 0.2) is 6.61 Å². The second kappa shape index (κ2) is 8.84. The molecule has 0 fully saturated rings. The first-order valence-electron chi connectivity index (χ1n) is 7.15. The number of anilines is 1. The van der Waals surface area contributed by atoms with Gasteiger partial charge in [-0.05, 0) is 31.0 Å². The predicted octanol–water partition coefficient (Wildman–Crippen LogP) is 1.31. The monoisotopic (exact) mass is 293 g/mol. The zero-order valence-electron chi connectivity index (χ0n) is 12.6. The fourth-order valence-corrected chi connectivity index (χ4v) is 1.62. The van der Waals surface area contributed by atoms with Gasteiger partial charge < -0.3 is 21.1 Å². The van der Waals surface area contributed by atoms with Crippen LogP contribution in [0.2, 0.25) is 0 Å². The molecule has 2 amide bonds. The van der Waals surface area contributed by atoms with Gasteiger partial charge in [-0.1, -0.05) is 13.8 Å². The third-order valence-electron chi connectivity index (χ3n) is 2.74. The van der Waals surface area contributed by atoms with E-state index < -0.39 is 0 Å². The Morgan fingerprint density at radius 1 is 1.14 bits per heavy atom. The Labute approximate surface area is 125 Å². The molecule has 4 N–H and O–H groups in total. The number of nitrogens with one attached hydrogen (secondary N) is 2. The molecule has 0 bridgehead atoms. The number of nitrogen functional groups attached to an aromatic ring is 1. The largest absolute Gasteiger partial charge is 0.482 e. The molecule has 1 aromatic carbocycles. The van der Waals surface area contributed by atoms with Crippen LogP contribution in [0.15, 0.2) is 18.2 Å². The van der Waals surface area contributed by atoms with Gasteiger partial charge in [-0.2, -0.15) is 0 Å². The molecule has 1 aromatic rings. The van der Waals surface area contributed by atoms with E-state index in [9.17, 15) is 9.59 Å². The molecule has 0 aliphatic heterocycles. The summed E-state index contributed by atoms with van der Waals surface area (Å²) in [5, 5.41) is 5.48. The van der Waals surface area contributed by atoms with Crippen LogP contribution in [0, 0.1) is 0 Å². The summed E-state index contributed by atoms with van der Waals surface area (Å²) in [7, 11) is 0. The van der Waals surface area contributed by atoms with E-state index in [0.29, 0.717) is 30.1 Å². The highest BCUT2D eigenvalue weighted by atomic mass is 16.5. The predicted molar refractivity (Wildman–Crippen MR) is 82.3 cm³/mol.